The van der Waals surface area contributed by atoms with Gasteiger partial charge in [-0.15, -0.1) is 0 Å². The summed E-state index contributed by atoms with van der Waals surface area (Å²) in [4.78, 5) is 22.6. The molecule has 0 aliphatic carbocycles. The minimum atomic E-state index is -0.943. The Kier molecular flexibility index (Phi) is 6.63. The number of nitrogens with one attached hydrogen (secondary N) is 2. The highest BCUT2D eigenvalue weighted by atomic mass is 16.4. The van der Waals surface area contributed by atoms with Crippen LogP contribution in [-0.4, -0.2) is 35.1 Å². The highest BCUT2D eigenvalue weighted by Gasteiger charge is 2.42. The number of hydrogen-bond donors (Lipinski definition) is 3. The first kappa shape index (κ1) is 17.4. The maximum atomic E-state index is 11.4. The molecule has 0 saturated carbocycles. The molecule has 1 heterocycles. The van der Waals surface area contributed by atoms with E-state index in [-0.39, 0.29) is 24.4 Å². The molecule has 1 fully saturated rings. The van der Waals surface area contributed by atoms with Gasteiger partial charge < -0.3 is 10.4 Å². The van der Waals surface area contributed by atoms with Crippen molar-refractivity contribution in [2.24, 2.45) is 11.8 Å². The van der Waals surface area contributed by atoms with E-state index in [1.54, 1.807) is 0 Å². The molecule has 1 aliphatic heterocycles. The van der Waals surface area contributed by atoms with E-state index in [9.17, 15) is 14.9 Å². The Bertz CT molecular complexity index is 415. The van der Waals surface area contributed by atoms with Crippen molar-refractivity contribution in [3.8, 4) is 6.07 Å². The van der Waals surface area contributed by atoms with Crippen LogP contribution in [0.2, 0.25) is 0 Å². The molecule has 0 bridgehead atoms. The van der Waals surface area contributed by atoms with Crippen LogP contribution in [0.15, 0.2) is 0 Å². The smallest absolute Gasteiger partial charge is 0.320 e. The van der Waals surface area contributed by atoms with Crippen LogP contribution in [0, 0.1) is 23.2 Å². The second-order valence-electron chi connectivity index (χ2n) is 5.78. The van der Waals surface area contributed by atoms with Crippen LogP contribution >= 0.6 is 0 Å². The first-order valence-electron chi connectivity index (χ1n) is 7.58. The van der Waals surface area contributed by atoms with Gasteiger partial charge in [0.25, 0.3) is 0 Å². The van der Waals surface area contributed by atoms with Crippen LogP contribution in [0.4, 0.5) is 0 Å². The number of amides is 1. The number of rotatable bonds is 7. The summed E-state index contributed by atoms with van der Waals surface area (Å²) in [6.07, 6.45) is 3.04. The summed E-state index contributed by atoms with van der Waals surface area (Å²) in [5.41, 5.74) is 0. The Morgan fingerprint density at radius 1 is 1.43 bits per heavy atom. The van der Waals surface area contributed by atoms with E-state index in [1.165, 1.54) is 6.92 Å². The van der Waals surface area contributed by atoms with E-state index in [0.717, 1.165) is 19.3 Å². The summed E-state index contributed by atoms with van der Waals surface area (Å²) in [6, 6.07) is 0.962. The fourth-order valence-corrected chi connectivity index (χ4v) is 3.06. The van der Waals surface area contributed by atoms with Crippen molar-refractivity contribution < 1.29 is 14.7 Å². The molecule has 1 saturated heterocycles. The molecule has 0 aromatic carbocycles. The Balaban J connectivity index is 2.88. The van der Waals surface area contributed by atoms with Gasteiger partial charge in [-0.1, -0.05) is 26.7 Å². The molecule has 1 amide bonds. The first-order chi connectivity index (χ1) is 9.92. The molecular formula is C15H25N3O3. The van der Waals surface area contributed by atoms with E-state index in [1.807, 2.05) is 0 Å². The summed E-state index contributed by atoms with van der Waals surface area (Å²) in [6.45, 7) is 5.65. The van der Waals surface area contributed by atoms with Gasteiger partial charge in [0.2, 0.25) is 5.91 Å². The summed E-state index contributed by atoms with van der Waals surface area (Å²) in [5, 5.41) is 24.3. The number of nitrogens with zero attached hydrogens (tertiary/aromatic N) is 1. The van der Waals surface area contributed by atoms with Gasteiger partial charge in [0, 0.05) is 19.0 Å². The van der Waals surface area contributed by atoms with Crippen LogP contribution < -0.4 is 10.6 Å². The third-order valence-electron chi connectivity index (χ3n) is 4.34. The first-order valence-corrected chi connectivity index (χ1v) is 7.58. The van der Waals surface area contributed by atoms with Crippen LogP contribution in [0.5, 0.6) is 0 Å². The van der Waals surface area contributed by atoms with Gasteiger partial charge >= 0.3 is 5.97 Å². The SMILES string of the molecule is CCC(CC)C[C@H](NC(C)=O)[C@@H]1N[C@@H](C(=O)O)C[C@H]1C#N. The predicted molar refractivity (Wildman–Crippen MR) is 78.4 cm³/mol. The Labute approximate surface area is 125 Å². The lowest BCUT2D eigenvalue weighted by Crippen LogP contribution is -2.52. The largest absolute Gasteiger partial charge is 0.480 e. The number of aliphatic carboxylic acids is 1. The maximum absolute atomic E-state index is 11.4. The third kappa shape index (κ3) is 4.71. The van der Waals surface area contributed by atoms with E-state index in [4.69, 9.17) is 5.11 Å². The van der Waals surface area contributed by atoms with E-state index in [0.29, 0.717) is 5.92 Å². The Morgan fingerprint density at radius 3 is 2.48 bits per heavy atom. The van der Waals surface area contributed by atoms with E-state index >= 15 is 0 Å². The average Bonchev–Trinajstić information content (AvgIpc) is 2.87. The molecule has 118 valence electrons. The van der Waals surface area contributed by atoms with E-state index in [2.05, 4.69) is 30.6 Å². The molecule has 3 N–H and O–H groups in total. The van der Waals surface area contributed by atoms with Gasteiger partial charge in [-0.2, -0.15) is 5.26 Å². The zero-order valence-electron chi connectivity index (χ0n) is 12.9. The second-order valence-corrected chi connectivity index (χ2v) is 5.78. The van der Waals surface area contributed by atoms with E-state index < -0.39 is 17.9 Å². The molecule has 1 aliphatic rings. The number of hydrogen-bond acceptors (Lipinski definition) is 4. The van der Waals surface area contributed by atoms with Gasteiger partial charge in [-0.05, 0) is 18.8 Å². The maximum Gasteiger partial charge on any atom is 0.320 e. The monoisotopic (exact) mass is 295 g/mol. The minimum absolute atomic E-state index is 0.150. The molecule has 6 nitrogen and oxygen atoms in total. The predicted octanol–water partition coefficient (Wildman–Crippen LogP) is 1.27. The number of carboxylic acids is 1. The van der Waals surface area contributed by atoms with Crippen molar-refractivity contribution >= 4 is 11.9 Å². The highest BCUT2D eigenvalue weighted by Crippen LogP contribution is 2.27. The number of nitriles is 1. The quantitative estimate of drug-likeness (QED) is 0.656. The molecule has 0 aromatic rings. The molecule has 6 heteroatoms. The Hall–Kier alpha value is -1.61. The van der Waals surface area contributed by atoms with Crippen molar-refractivity contribution in [3.63, 3.8) is 0 Å². The molecule has 0 radical (unpaired) electrons. The Morgan fingerprint density at radius 2 is 2.05 bits per heavy atom. The molecule has 4 atom stereocenters. The van der Waals surface area contributed by atoms with Crippen LogP contribution in [0.25, 0.3) is 0 Å². The van der Waals surface area contributed by atoms with Gasteiger partial charge in [0.15, 0.2) is 0 Å². The molecular weight excluding hydrogens is 270 g/mol. The summed E-state index contributed by atoms with van der Waals surface area (Å²) in [7, 11) is 0. The number of carbonyl (C=O) groups excluding carboxylic acids is 1. The lowest BCUT2D eigenvalue weighted by atomic mass is 9.86. The normalized spacial score (nSPS) is 26.3. The average molecular weight is 295 g/mol. The molecule has 0 aromatic heterocycles. The van der Waals surface area contributed by atoms with Crippen molar-refractivity contribution in [3.05, 3.63) is 0 Å². The lowest BCUT2D eigenvalue weighted by molar-refractivity contribution is -0.139. The van der Waals surface area contributed by atoms with Crippen LogP contribution in [-0.2, 0) is 9.59 Å². The summed E-state index contributed by atoms with van der Waals surface area (Å²) >= 11 is 0. The highest BCUT2D eigenvalue weighted by molar-refractivity contribution is 5.75. The van der Waals surface area contributed by atoms with Gasteiger partial charge in [0.05, 0.1) is 12.0 Å². The van der Waals surface area contributed by atoms with Crippen molar-refractivity contribution in [1.29, 1.82) is 5.26 Å². The number of carboxylic acid groups (broad SMARTS) is 1. The zero-order valence-corrected chi connectivity index (χ0v) is 12.9. The van der Waals surface area contributed by atoms with Crippen molar-refractivity contribution in [2.45, 2.75) is 64.6 Å². The topological polar surface area (TPSA) is 102 Å². The minimum Gasteiger partial charge on any atom is -0.480 e. The zero-order chi connectivity index (χ0) is 16.0. The standard InChI is InChI=1S/C15H25N3O3/c1-4-10(5-2)6-12(17-9(3)19)14-11(8-16)7-13(18-14)15(20)21/h10-14,18H,4-7H2,1-3H3,(H,17,19)(H,20,21)/t11-,12-,13+,14+/m0/s1. The molecule has 0 unspecified atom stereocenters. The second kappa shape index (κ2) is 7.99. The van der Waals surface area contributed by atoms with Crippen molar-refractivity contribution in [1.82, 2.24) is 10.6 Å². The third-order valence-corrected chi connectivity index (χ3v) is 4.34. The van der Waals surface area contributed by atoms with Crippen LogP contribution in [0.1, 0.15) is 46.5 Å². The van der Waals surface area contributed by atoms with Gasteiger partial charge in [-0.3, -0.25) is 14.9 Å². The fraction of sp³-hybridized carbons (Fsp3) is 0.800. The fourth-order valence-electron chi connectivity index (χ4n) is 3.06. The van der Waals surface area contributed by atoms with Crippen molar-refractivity contribution in [2.75, 3.05) is 0 Å². The van der Waals surface area contributed by atoms with Gasteiger partial charge in [0.1, 0.15) is 6.04 Å². The van der Waals surface area contributed by atoms with Gasteiger partial charge in [-0.25, -0.2) is 0 Å². The summed E-state index contributed by atoms with van der Waals surface area (Å²) < 4.78 is 0. The van der Waals surface area contributed by atoms with Crippen LogP contribution in [0.3, 0.4) is 0 Å². The molecule has 0 spiro atoms. The lowest BCUT2D eigenvalue weighted by Gasteiger charge is -2.29. The molecule has 1 rings (SSSR count). The molecule has 21 heavy (non-hydrogen) atoms. The number of carbonyl (C=O) groups is 2. The summed E-state index contributed by atoms with van der Waals surface area (Å²) in [5.74, 6) is -1.03.